The lowest BCUT2D eigenvalue weighted by atomic mass is 10.1. The molecule has 2 N–H and O–H groups in total. The predicted molar refractivity (Wildman–Crippen MR) is 87.3 cm³/mol. The standard InChI is InChI=1S/C16H23N3O4/c1-10(2)17-15(20)16(21)19-18-11(3)12-6-7-14(23-5)13(8-12)9-22-4/h6-8,10H,9H2,1-5H3,(H,17,20)(H,19,21)/b18-11-. The maximum absolute atomic E-state index is 11.6. The van der Waals surface area contributed by atoms with E-state index in [9.17, 15) is 9.59 Å². The van der Waals surface area contributed by atoms with Crippen molar-refractivity contribution >= 4 is 17.5 Å². The molecule has 7 nitrogen and oxygen atoms in total. The van der Waals surface area contributed by atoms with E-state index in [-0.39, 0.29) is 6.04 Å². The number of nitrogens with zero attached hydrogens (tertiary/aromatic N) is 1. The molecule has 0 bridgehead atoms. The van der Waals surface area contributed by atoms with Gasteiger partial charge < -0.3 is 14.8 Å². The fourth-order valence-electron chi connectivity index (χ4n) is 1.85. The number of methoxy groups -OCH3 is 2. The van der Waals surface area contributed by atoms with E-state index in [0.717, 1.165) is 11.1 Å². The number of hydrogen-bond donors (Lipinski definition) is 2. The van der Waals surface area contributed by atoms with Crippen molar-refractivity contribution < 1.29 is 19.1 Å². The van der Waals surface area contributed by atoms with Gasteiger partial charge in [0.05, 0.1) is 19.4 Å². The Labute approximate surface area is 136 Å². The van der Waals surface area contributed by atoms with Crippen LogP contribution in [0.2, 0.25) is 0 Å². The van der Waals surface area contributed by atoms with Gasteiger partial charge in [-0.25, -0.2) is 5.43 Å². The largest absolute Gasteiger partial charge is 0.496 e. The van der Waals surface area contributed by atoms with Crippen LogP contribution in [0, 0.1) is 0 Å². The molecule has 7 heteroatoms. The molecular weight excluding hydrogens is 298 g/mol. The molecule has 0 heterocycles. The number of benzene rings is 1. The summed E-state index contributed by atoms with van der Waals surface area (Å²) in [6.07, 6.45) is 0. The third-order valence-electron chi connectivity index (χ3n) is 2.95. The Kier molecular flexibility index (Phi) is 7.21. The van der Waals surface area contributed by atoms with Crippen LogP contribution in [0.15, 0.2) is 23.3 Å². The molecule has 0 aliphatic heterocycles. The first-order valence-corrected chi connectivity index (χ1v) is 7.20. The highest BCUT2D eigenvalue weighted by molar-refractivity contribution is 6.35. The summed E-state index contributed by atoms with van der Waals surface area (Å²) in [4.78, 5) is 23.1. The summed E-state index contributed by atoms with van der Waals surface area (Å²) in [7, 11) is 3.18. The van der Waals surface area contributed by atoms with Crippen molar-refractivity contribution in [3.63, 3.8) is 0 Å². The van der Waals surface area contributed by atoms with Crippen molar-refractivity contribution in [2.45, 2.75) is 33.4 Å². The van der Waals surface area contributed by atoms with Gasteiger partial charge in [-0.15, -0.1) is 0 Å². The molecule has 1 aromatic carbocycles. The zero-order chi connectivity index (χ0) is 17.4. The fraction of sp³-hybridized carbons (Fsp3) is 0.438. The Balaban J connectivity index is 2.84. The molecule has 0 aromatic heterocycles. The molecule has 0 atom stereocenters. The number of hydrazone groups is 1. The third kappa shape index (κ3) is 5.71. The summed E-state index contributed by atoms with van der Waals surface area (Å²) >= 11 is 0. The van der Waals surface area contributed by atoms with Crippen molar-refractivity contribution in [2.24, 2.45) is 5.10 Å². The molecule has 0 aliphatic carbocycles. The highest BCUT2D eigenvalue weighted by atomic mass is 16.5. The number of nitrogens with one attached hydrogen (secondary N) is 2. The Hall–Kier alpha value is -2.41. The molecule has 0 aliphatic rings. The molecule has 2 amide bonds. The van der Waals surface area contributed by atoms with Gasteiger partial charge in [0.25, 0.3) is 0 Å². The van der Waals surface area contributed by atoms with E-state index in [4.69, 9.17) is 9.47 Å². The van der Waals surface area contributed by atoms with E-state index >= 15 is 0 Å². The smallest absolute Gasteiger partial charge is 0.329 e. The first kappa shape index (κ1) is 18.6. The van der Waals surface area contributed by atoms with Gasteiger partial charge in [0.2, 0.25) is 0 Å². The molecule has 0 spiro atoms. The van der Waals surface area contributed by atoms with E-state index in [1.807, 2.05) is 12.1 Å². The van der Waals surface area contributed by atoms with Crippen molar-refractivity contribution in [3.8, 4) is 5.75 Å². The minimum atomic E-state index is -0.802. The monoisotopic (exact) mass is 321 g/mol. The van der Waals surface area contributed by atoms with E-state index in [1.54, 1.807) is 41.1 Å². The minimum absolute atomic E-state index is 0.114. The van der Waals surface area contributed by atoms with Crippen LogP contribution in [0.1, 0.15) is 31.9 Å². The quantitative estimate of drug-likeness (QED) is 0.468. The first-order valence-electron chi connectivity index (χ1n) is 7.20. The second-order valence-electron chi connectivity index (χ2n) is 5.23. The molecule has 0 saturated carbocycles. The molecule has 0 radical (unpaired) electrons. The Morgan fingerprint density at radius 1 is 1.22 bits per heavy atom. The molecule has 0 fully saturated rings. The second-order valence-corrected chi connectivity index (χ2v) is 5.23. The number of carbonyl (C=O) groups is 2. The van der Waals surface area contributed by atoms with E-state index < -0.39 is 11.8 Å². The number of amides is 2. The van der Waals surface area contributed by atoms with Crippen LogP contribution < -0.4 is 15.5 Å². The van der Waals surface area contributed by atoms with Crippen LogP contribution in [0.4, 0.5) is 0 Å². The minimum Gasteiger partial charge on any atom is -0.496 e. The number of hydrogen-bond acceptors (Lipinski definition) is 5. The lowest BCUT2D eigenvalue weighted by Gasteiger charge is -2.10. The lowest BCUT2D eigenvalue weighted by molar-refractivity contribution is -0.139. The molecular formula is C16H23N3O4. The first-order chi connectivity index (χ1) is 10.9. The highest BCUT2D eigenvalue weighted by Crippen LogP contribution is 2.21. The maximum Gasteiger partial charge on any atom is 0.329 e. The topological polar surface area (TPSA) is 89.0 Å². The molecule has 1 aromatic rings. The summed E-state index contributed by atoms with van der Waals surface area (Å²) in [5.41, 5.74) is 4.47. The Bertz CT molecular complexity index is 597. The third-order valence-corrected chi connectivity index (χ3v) is 2.95. The van der Waals surface area contributed by atoms with Crippen molar-refractivity contribution in [3.05, 3.63) is 29.3 Å². The SMILES string of the molecule is COCc1cc(/C(C)=N\NC(=O)C(=O)NC(C)C)ccc1OC. The van der Waals surface area contributed by atoms with Crippen LogP contribution in [-0.2, 0) is 20.9 Å². The van der Waals surface area contributed by atoms with Gasteiger partial charge in [0, 0.05) is 18.7 Å². The molecule has 0 unspecified atom stereocenters. The molecule has 126 valence electrons. The lowest BCUT2D eigenvalue weighted by Crippen LogP contribution is -2.41. The summed E-state index contributed by atoms with van der Waals surface area (Å²) < 4.78 is 10.4. The predicted octanol–water partition coefficient (Wildman–Crippen LogP) is 1.21. The average Bonchev–Trinajstić information content (AvgIpc) is 2.51. The average molecular weight is 321 g/mol. The molecule has 23 heavy (non-hydrogen) atoms. The van der Waals surface area contributed by atoms with Crippen LogP contribution in [0.5, 0.6) is 5.75 Å². The maximum atomic E-state index is 11.6. The van der Waals surface area contributed by atoms with E-state index in [0.29, 0.717) is 18.1 Å². The van der Waals surface area contributed by atoms with Gasteiger partial charge in [-0.2, -0.15) is 5.10 Å². The zero-order valence-electron chi connectivity index (χ0n) is 14.1. The van der Waals surface area contributed by atoms with E-state index in [2.05, 4.69) is 15.8 Å². The van der Waals surface area contributed by atoms with Crippen LogP contribution in [0.3, 0.4) is 0 Å². The normalized spacial score (nSPS) is 11.3. The zero-order valence-corrected chi connectivity index (χ0v) is 14.1. The summed E-state index contributed by atoms with van der Waals surface area (Å²) in [5, 5.41) is 6.45. The number of rotatable bonds is 6. The van der Waals surface area contributed by atoms with Gasteiger partial charge in [-0.05, 0) is 44.5 Å². The highest BCUT2D eigenvalue weighted by Gasteiger charge is 2.14. The van der Waals surface area contributed by atoms with Gasteiger partial charge >= 0.3 is 11.8 Å². The van der Waals surface area contributed by atoms with Gasteiger partial charge in [0.1, 0.15) is 5.75 Å². The molecule has 0 saturated heterocycles. The Morgan fingerprint density at radius 3 is 2.48 bits per heavy atom. The van der Waals surface area contributed by atoms with E-state index in [1.165, 1.54) is 0 Å². The van der Waals surface area contributed by atoms with Crippen LogP contribution >= 0.6 is 0 Å². The van der Waals surface area contributed by atoms with Crippen LogP contribution in [-0.4, -0.2) is 37.8 Å². The second kappa shape index (κ2) is 8.89. The van der Waals surface area contributed by atoms with Crippen molar-refractivity contribution in [1.29, 1.82) is 0 Å². The summed E-state index contributed by atoms with van der Waals surface area (Å²) in [6.45, 7) is 5.68. The Morgan fingerprint density at radius 2 is 1.91 bits per heavy atom. The summed E-state index contributed by atoms with van der Waals surface area (Å²) in [6, 6.07) is 5.37. The van der Waals surface area contributed by atoms with Gasteiger partial charge in [-0.1, -0.05) is 0 Å². The van der Waals surface area contributed by atoms with Gasteiger partial charge in [0.15, 0.2) is 0 Å². The summed E-state index contributed by atoms with van der Waals surface area (Å²) in [5.74, 6) is -0.807. The van der Waals surface area contributed by atoms with Crippen LogP contribution in [0.25, 0.3) is 0 Å². The van der Waals surface area contributed by atoms with Crippen molar-refractivity contribution in [1.82, 2.24) is 10.7 Å². The van der Waals surface area contributed by atoms with Gasteiger partial charge in [-0.3, -0.25) is 9.59 Å². The number of carbonyl (C=O) groups excluding carboxylic acids is 2. The fourth-order valence-corrected chi connectivity index (χ4v) is 1.85. The molecule has 1 rings (SSSR count). The number of ether oxygens (including phenoxy) is 2. The van der Waals surface area contributed by atoms with Crippen molar-refractivity contribution in [2.75, 3.05) is 14.2 Å².